The predicted molar refractivity (Wildman–Crippen MR) is 99.2 cm³/mol. The highest BCUT2D eigenvalue weighted by Crippen LogP contribution is 2.65. The molecule has 0 heterocycles. The summed E-state index contributed by atoms with van der Waals surface area (Å²) in [6.45, 7) is 9.70. The average Bonchev–Trinajstić information content (AvgIpc) is 2.90. The SMILES string of the molecule is C/C=C1/CCC2(C)C3=CCC4(C)/C(=C\C)CCC4C3CCC2C1. The highest BCUT2D eigenvalue weighted by molar-refractivity contribution is 5.35. The van der Waals surface area contributed by atoms with Gasteiger partial charge < -0.3 is 0 Å². The minimum absolute atomic E-state index is 0.481. The number of hydrogen-bond donors (Lipinski definition) is 0. The van der Waals surface area contributed by atoms with Crippen LogP contribution < -0.4 is 0 Å². The van der Waals surface area contributed by atoms with Gasteiger partial charge in [0.05, 0.1) is 0 Å². The third-order valence-electron chi connectivity index (χ3n) is 8.53. The van der Waals surface area contributed by atoms with Crippen LogP contribution in [-0.4, -0.2) is 0 Å². The topological polar surface area (TPSA) is 0 Å². The molecular formula is C23H34. The molecule has 0 saturated heterocycles. The van der Waals surface area contributed by atoms with Crippen LogP contribution in [0.1, 0.15) is 79.1 Å². The second-order valence-corrected chi connectivity index (χ2v) is 9.19. The second kappa shape index (κ2) is 5.36. The Balaban J connectivity index is 1.69. The zero-order chi connectivity index (χ0) is 16.2. The van der Waals surface area contributed by atoms with Gasteiger partial charge in [-0.25, -0.2) is 0 Å². The average molecular weight is 311 g/mol. The van der Waals surface area contributed by atoms with Crippen molar-refractivity contribution in [2.45, 2.75) is 79.1 Å². The monoisotopic (exact) mass is 310 g/mol. The fourth-order valence-electron chi connectivity index (χ4n) is 6.97. The van der Waals surface area contributed by atoms with Crippen LogP contribution in [-0.2, 0) is 0 Å². The van der Waals surface area contributed by atoms with Crippen LogP contribution in [0.2, 0.25) is 0 Å². The summed E-state index contributed by atoms with van der Waals surface area (Å²) in [5.41, 5.74) is 6.36. The Hall–Kier alpha value is -0.780. The van der Waals surface area contributed by atoms with Crippen LogP contribution in [0.4, 0.5) is 0 Å². The van der Waals surface area contributed by atoms with E-state index in [0.29, 0.717) is 10.8 Å². The maximum atomic E-state index is 2.72. The third-order valence-corrected chi connectivity index (χ3v) is 8.53. The first-order valence-electron chi connectivity index (χ1n) is 10.0. The molecule has 0 aromatic rings. The van der Waals surface area contributed by atoms with Crippen molar-refractivity contribution in [3.63, 3.8) is 0 Å². The molecule has 0 bridgehead atoms. The summed E-state index contributed by atoms with van der Waals surface area (Å²) in [5.74, 6) is 2.73. The van der Waals surface area contributed by atoms with Crippen molar-refractivity contribution in [3.8, 4) is 0 Å². The molecule has 5 atom stereocenters. The molecule has 0 heteroatoms. The van der Waals surface area contributed by atoms with Gasteiger partial charge in [0, 0.05) is 0 Å². The molecule has 0 nitrogen and oxygen atoms in total. The number of allylic oxidation sites excluding steroid dienone is 6. The lowest BCUT2D eigenvalue weighted by Gasteiger charge is -2.56. The van der Waals surface area contributed by atoms with E-state index in [1.54, 1.807) is 11.1 Å². The Morgan fingerprint density at radius 3 is 2.57 bits per heavy atom. The molecule has 3 fully saturated rings. The summed E-state index contributed by atoms with van der Waals surface area (Å²) in [4.78, 5) is 0. The van der Waals surface area contributed by atoms with Crippen LogP contribution in [0, 0.1) is 28.6 Å². The number of fused-ring (bicyclic) bond motifs is 5. The van der Waals surface area contributed by atoms with Gasteiger partial charge in [0.15, 0.2) is 0 Å². The Morgan fingerprint density at radius 1 is 1.00 bits per heavy atom. The molecule has 0 aromatic carbocycles. The third kappa shape index (κ3) is 2.09. The summed E-state index contributed by atoms with van der Waals surface area (Å²) < 4.78 is 0. The maximum absolute atomic E-state index is 2.72. The molecular weight excluding hydrogens is 276 g/mol. The second-order valence-electron chi connectivity index (χ2n) is 9.19. The van der Waals surface area contributed by atoms with E-state index in [1.807, 2.05) is 5.57 Å². The molecule has 4 rings (SSSR count). The Bertz CT molecular complexity index is 589. The van der Waals surface area contributed by atoms with E-state index in [0.717, 1.165) is 17.8 Å². The van der Waals surface area contributed by atoms with Crippen LogP contribution >= 0.6 is 0 Å². The molecule has 126 valence electrons. The van der Waals surface area contributed by atoms with E-state index in [9.17, 15) is 0 Å². The van der Waals surface area contributed by atoms with Gasteiger partial charge >= 0.3 is 0 Å². The van der Waals surface area contributed by atoms with E-state index in [2.05, 4.69) is 45.9 Å². The van der Waals surface area contributed by atoms with Crippen molar-refractivity contribution in [2.24, 2.45) is 28.6 Å². The van der Waals surface area contributed by atoms with Gasteiger partial charge in [-0.2, -0.15) is 0 Å². The van der Waals surface area contributed by atoms with Gasteiger partial charge in [0.1, 0.15) is 0 Å². The number of rotatable bonds is 0. The van der Waals surface area contributed by atoms with E-state index < -0.39 is 0 Å². The fourth-order valence-corrected chi connectivity index (χ4v) is 6.97. The van der Waals surface area contributed by atoms with Gasteiger partial charge in [-0.15, -0.1) is 0 Å². The molecule has 0 spiro atoms. The van der Waals surface area contributed by atoms with Gasteiger partial charge in [-0.3, -0.25) is 0 Å². The maximum Gasteiger partial charge on any atom is -0.00479 e. The van der Waals surface area contributed by atoms with Gasteiger partial charge in [-0.1, -0.05) is 48.8 Å². The van der Waals surface area contributed by atoms with Crippen LogP contribution in [0.25, 0.3) is 0 Å². The zero-order valence-corrected chi connectivity index (χ0v) is 15.6. The molecule has 4 aliphatic rings. The van der Waals surface area contributed by atoms with Crippen LogP contribution in [0.5, 0.6) is 0 Å². The minimum Gasteiger partial charge on any atom is -0.0884 e. The lowest BCUT2D eigenvalue weighted by atomic mass is 9.49. The molecule has 3 saturated carbocycles. The highest BCUT2D eigenvalue weighted by atomic mass is 14.6. The molecule has 5 unspecified atom stereocenters. The van der Waals surface area contributed by atoms with Gasteiger partial charge in [0.25, 0.3) is 0 Å². The highest BCUT2D eigenvalue weighted by Gasteiger charge is 2.55. The summed E-state index contributed by atoms with van der Waals surface area (Å²) in [6, 6.07) is 0. The first-order chi connectivity index (χ1) is 11.0. The Labute approximate surface area is 143 Å². The van der Waals surface area contributed by atoms with Crippen molar-refractivity contribution in [2.75, 3.05) is 0 Å². The quantitative estimate of drug-likeness (QED) is 0.429. The van der Waals surface area contributed by atoms with Gasteiger partial charge in [0.2, 0.25) is 0 Å². The van der Waals surface area contributed by atoms with E-state index in [4.69, 9.17) is 0 Å². The molecule has 0 aliphatic heterocycles. The first kappa shape index (κ1) is 15.7. The molecule has 0 N–H and O–H groups in total. The van der Waals surface area contributed by atoms with Crippen LogP contribution in [0.15, 0.2) is 34.9 Å². The lowest BCUT2D eigenvalue weighted by molar-refractivity contribution is 0.0638. The minimum atomic E-state index is 0.481. The van der Waals surface area contributed by atoms with Crippen molar-refractivity contribution < 1.29 is 0 Å². The normalized spacial score (nSPS) is 49.6. The van der Waals surface area contributed by atoms with Crippen LogP contribution in [0.3, 0.4) is 0 Å². The molecule has 0 radical (unpaired) electrons. The van der Waals surface area contributed by atoms with Crippen molar-refractivity contribution in [1.29, 1.82) is 0 Å². The molecule has 0 aromatic heterocycles. The van der Waals surface area contributed by atoms with Crippen molar-refractivity contribution >= 4 is 0 Å². The largest absolute Gasteiger partial charge is 0.0884 e. The van der Waals surface area contributed by atoms with Crippen molar-refractivity contribution in [1.82, 2.24) is 0 Å². The Morgan fingerprint density at radius 2 is 1.83 bits per heavy atom. The zero-order valence-electron chi connectivity index (χ0n) is 15.6. The Kier molecular flexibility index (Phi) is 3.67. The molecule has 23 heavy (non-hydrogen) atoms. The predicted octanol–water partition coefficient (Wildman–Crippen LogP) is 6.84. The van der Waals surface area contributed by atoms with Gasteiger partial charge in [-0.05, 0) is 93.8 Å². The molecule has 4 aliphatic carbocycles. The number of hydrogen-bond acceptors (Lipinski definition) is 0. The smallest absolute Gasteiger partial charge is 0.00479 e. The molecule has 0 amide bonds. The lowest BCUT2D eigenvalue weighted by Crippen LogP contribution is -2.46. The fraction of sp³-hybridized carbons (Fsp3) is 0.739. The summed E-state index contributed by atoms with van der Waals surface area (Å²) in [5, 5.41) is 0. The summed E-state index contributed by atoms with van der Waals surface area (Å²) >= 11 is 0. The van der Waals surface area contributed by atoms with E-state index >= 15 is 0 Å². The first-order valence-corrected chi connectivity index (χ1v) is 10.0. The summed E-state index contributed by atoms with van der Waals surface area (Å²) in [7, 11) is 0. The summed E-state index contributed by atoms with van der Waals surface area (Å²) in [6.07, 6.45) is 18.7. The van der Waals surface area contributed by atoms with E-state index in [-0.39, 0.29) is 0 Å². The van der Waals surface area contributed by atoms with E-state index in [1.165, 1.54) is 51.4 Å². The standard InChI is InChI=1S/C23H34/c1-5-16-11-13-23(4)18(15-16)7-9-19-20-10-8-17(6-2)22(20,3)14-12-21(19)23/h5-6,12,18-20H,7-11,13-15H2,1-4H3/b16-5-,17-6-. The van der Waals surface area contributed by atoms with Crippen molar-refractivity contribution in [3.05, 3.63) is 34.9 Å².